The molecular formula is C20H23N5OS2. The first kappa shape index (κ1) is 19.1. The lowest BCUT2D eigenvalue weighted by atomic mass is 10.1. The number of rotatable bonds is 5. The molecule has 0 saturated carbocycles. The van der Waals surface area contributed by atoms with Gasteiger partial charge in [-0.3, -0.25) is 9.36 Å². The van der Waals surface area contributed by atoms with Gasteiger partial charge in [0.15, 0.2) is 5.16 Å². The summed E-state index contributed by atoms with van der Waals surface area (Å²) in [7, 11) is 0. The molecule has 6 nitrogen and oxygen atoms in total. The van der Waals surface area contributed by atoms with Gasteiger partial charge in [0.05, 0.1) is 11.4 Å². The van der Waals surface area contributed by atoms with Gasteiger partial charge in [-0.25, -0.2) is 4.98 Å². The average Bonchev–Trinajstić information content (AvgIpc) is 3.34. The zero-order chi connectivity index (χ0) is 19.5. The van der Waals surface area contributed by atoms with Gasteiger partial charge < -0.3 is 4.90 Å². The molecule has 1 saturated heterocycles. The first-order valence-electron chi connectivity index (χ1n) is 9.48. The highest BCUT2D eigenvalue weighted by molar-refractivity contribution is 7.98. The Balaban J connectivity index is 1.47. The second kappa shape index (κ2) is 8.45. The van der Waals surface area contributed by atoms with Crippen molar-refractivity contribution in [2.45, 2.75) is 44.0 Å². The molecule has 0 unspecified atom stereocenters. The number of aryl methyl sites for hydroxylation is 2. The molecule has 0 N–H and O–H groups in total. The quantitative estimate of drug-likeness (QED) is 0.585. The van der Waals surface area contributed by atoms with E-state index in [1.165, 1.54) is 23.3 Å². The van der Waals surface area contributed by atoms with Crippen LogP contribution < -0.4 is 0 Å². The van der Waals surface area contributed by atoms with Crippen LogP contribution in [0, 0.1) is 13.8 Å². The van der Waals surface area contributed by atoms with Crippen molar-refractivity contribution in [2.24, 2.45) is 0 Å². The van der Waals surface area contributed by atoms with Gasteiger partial charge in [-0.2, -0.15) is 0 Å². The average molecular weight is 414 g/mol. The topological polar surface area (TPSA) is 63.9 Å². The van der Waals surface area contributed by atoms with Crippen LogP contribution in [0.3, 0.4) is 0 Å². The normalized spacial score (nSPS) is 14.4. The monoisotopic (exact) mass is 413 g/mol. The van der Waals surface area contributed by atoms with Gasteiger partial charge in [-0.1, -0.05) is 30.0 Å². The summed E-state index contributed by atoms with van der Waals surface area (Å²) in [4.78, 5) is 19.1. The van der Waals surface area contributed by atoms with E-state index in [0.717, 1.165) is 47.6 Å². The Morgan fingerprint density at radius 3 is 2.71 bits per heavy atom. The molecule has 0 bridgehead atoms. The predicted molar refractivity (Wildman–Crippen MR) is 112 cm³/mol. The number of hydrogen-bond donors (Lipinski definition) is 0. The van der Waals surface area contributed by atoms with E-state index in [1.807, 2.05) is 29.3 Å². The molecule has 146 valence electrons. The van der Waals surface area contributed by atoms with Gasteiger partial charge >= 0.3 is 0 Å². The molecule has 3 aromatic rings. The molecule has 28 heavy (non-hydrogen) atoms. The summed E-state index contributed by atoms with van der Waals surface area (Å²) in [6.45, 7) is 5.74. The molecule has 1 fully saturated rings. The van der Waals surface area contributed by atoms with Crippen molar-refractivity contribution in [2.75, 3.05) is 13.1 Å². The largest absolute Gasteiger partial charge is 0.337 e. The Kier molecular flexibility index (Phi) is 5.77. The van der Waals surface area contributed by atoms with E-state index < -0.39 is 0 Å². The third kappa shape index (κ3) is 3.98. The Hall–Kier alpha value is -2.19. The zero-order valence-corrected chi connectivity index (χ0v) is 17.7. The molecule has 1 aromatic carbocycles. The molecule has 2 aromatic heterocycles. The first-order chi connectivity index (χ1) is 13.6. The molecule has 0 radical (unpaired) electrons. The molecule has 0 atom stereocenters. The van der Waals surface area contributed by atoms with Crippen molar-refractivity contribution in [1.82, 2.24) is 24.6 Å². The molecule has 1 aliphatic rings. The molecule has 1 aliphatic heterocycles. The predicted octanol–water partition coefficient (Wildman–Crippen LogP) is 4.26. The number of benzene rings is 1. The van der Waals surface area contributed by atoms with Crippen LogP contribution in [-0.4, -0.2) is 43.6 Å². The van der Waals surface area contributed by atoms with Crippen LogP contribution >= 0.6 is 23.1 Å². The molecule has 3 heterocycles. The summed E-state index contributed by atoms with van der Waals surface area (Å²) in [6, 6.07) is 8.22. The number of hydrogen-bond acceptors (Lipinski definition) is 6. The van der Waals surface area contributed by atoms with Crippen molar-refractivity contribution in [3.8, 4) is 5.69 Å². The third-order valence-corrected chi connectivity index (χ3v) is 6.86. The van der Waals surface area contributed by atoms with Gasteiger partial charge in [-0.05, 0) is 44.7 Å². The molecule has 4 rings (SSSR count). The van der Waals surface area contributed by atoms with E-state index in [0.29, 0.717) is 11.4 Å². The maximum Gasteiger partial charge on any atom is 0.273 e. The van der Waals surface area contributed by atoms with E-state index in [9.17, 15) is 4.79 Å². The Labute approximate surface area is 173 Å². The van der Waals surface area contributed by atoms with E-state index in [4.69, 9.17) is 0 Å². The minimum atomic E-state index is 0.0612. The Morgan fingerprint density at radius 2 is 1.93 bits per heavy atom. The molecule has 0 aliphatic carbocycles. The van der Waals surface area contributed by atoms with E-state index in [1.54, 1.807) is 11.8 Å². The highest BCUT2D eigenvalue weighted by Gasteiger charge is 2.21. The molecular weight excluding hydrogens is 390 g/mol. The first-order valence-corrected chi connectivity index (χ1v) is 11.3. The summed E-state index contributed by atoms with van der Waals surface area (Å²) in [5.74, 6) is 1.59. The van der Waals surface area contributed by atoms with Crippen molar-refractivity contribution < 1.29 is 4.79 Å². The molecule has 8 heteroatoms. The van der Waals surface area contributed by atoms with Crippen LogP contribution in [0.15, 0.2) is 34.8 Å². The smallest absolute Gasteiger partial charge is 0.273 e. The Morgan fingerprint density at radius 1 is 1.14 bits per heavy atom. The molecule has 0 spiro atoms. The van der Waals surface area contributed by atoms with Crippen molar-refractivity contribution in [1.29, 1.82) is 0 Å². The third-order valence-electron chi connectivity index (χ3n) is 4.89. The number of amides is 1. The van der Waals surface area contributed by atoms with Crippen LogP contribution in [0.1, 0.15) is 46.1 Å². The SMILES string of the molecule is Cc1ccccc1-n1c(C)nnc1SCc1nc(C(=O)N2CCCCC2)cs1. The number of thiazole rings is 1. The van der Waals surface area contributed by atoms with Gasteiger partial charge in [0.1, 0.15) is 16.5 Å². The number of para-hydroxylation sites is 1. The zero-order valence-electron chi connectivity index (χ0n) is 16.1. The van der Waals surface area contributed by atoms with E-state index in [-0.39, 0.29) is 5.91 Å². The summed E-state index contributed by atoms with van der Waals surface area (Å²) in [6.07, 6.45) is 3.39. The summed E-state index contributed by atoms with van der Waals surface area (Å²) in [5.41, 5.74) is 2.84. The summed E-state index contributed by atoms with van der Waals surface area (Å²) in [5, 5.41) is 12.2. The van der Waals surface area contributed by atoms with Gasteiger partial charge in [0.2, 0.25) is 0 Å². The highest BCUT2D eigenvalue weighted by Crippen LogP contribution is 2.28. The fraction of sp³-hybridized carbons (Fsp3) is 0.400. The number of carbonyl (C=O) groups excluding carboxylic acids is 1. The minimum Gasteiger partial charge on any atom is -0.337 e. The van der Waals surface area contributed by atoms with Crippen molar-refractivity contribution >= 4 is 29.0 Å². The van der Waals surface area contributed by atoms with Crippen LogP contribution in [0.25, 0.3) is 5.69 Å². The summed E-state index contributed by atoms with van der Waals surface area (Å²) >= 11 is 3.13. The number of thioether (sulfide) groups is 1. The maximum absolute atomic E-state index is 12.6. The lowest BCUT2D eigenvalue weighted by molar-refractivity contribution is 0.0719. The van der Waals surface area contributed by atoms with Gasteiger partial charge in [-0.15, -0.1) is 21.5 Å². The van der Waals surface area contributed by atoms with Crippen LogP contribution in [0.2, 0.25) is 0 Å². The minimum absolute atomic E-state index is 0.0612. The number of carbonyl (C=O) groups is 1. The lowest BCUT2D eigenvalue weighted by Gasteiger charge is -2.25. The Bertz CT molecular complexity index is 975. The standard InChI is InChI=1S/C20H23N5OS2/c1-14-8-4-5-9-17(14)25-15(2)22-23-20(25)28-13-18-21-16(12-27-18)19(26)24-10-6-3-7-11-24/h4-5,8-9,12H,3,6-7,10-11,13H2,1-2H3. The van der Waals surface area contributed by atoms with Gasteiger partial charge in [0.25, 0.3) is 5.91 Å². The van der Waals surface area contributed by atoms with Gasteiger partial charge in [0, 0.05) is 18.5 Å². The van der Waals surface area contributed by atoms with E-state index >= 15 is 0 Å². The van der Waals surface area contributed by atoms with Crippen molar-refractivity contribution in [3.05, 3.63) is 51.7 Å². The number of aromatic nitrogens is 4. The second-order valence-electron chi connectivity index (χ2n) is 6.92. The summed E-state index contributed by atoms with van der Waals surface area (Å²) < 4.78 is 2.08. The number of likely N-dealkylation sites (tertiary alicyclic amines) is 1. The highest BCUT2D eigenvalue weighted by atomic mass is 32.2. The number of piperidine rings is 1. The fourth-order valence-corrected chi connectivity index (χ4v) is 5.17. The van der Waals surface area contributed by atoms with E-state index in [2.05, 4.69) is 38.8 Å². The van der Waals surface area contributed by atoms with Crippen LogP contribution in [0.5, 0.6) is 0 Å². The second-order valence-corrected chi connectivity index (χ2v) is 8.80. The van der Waals surface area contributed by atoms with Crippen LogP contribution in [-0.2, 0) is 5.75 Å². The maximum atomic E-state index is 12.6. The van der Waals surface area contributed by atoms with Crippen molar-refractivity contribution in [3.63, 3.8) is 0 Å². The molecule has 1 amide bonds. The lowest BCUT2D eigenvalue weighted by Crippen LogP contribution is -2.35. The number of nitrogens with zero attached hydrogens (tertiary/aromatic N) is 5. The fourth-order valence-electron chi connectivity index (χ4n) is 3.39. The van der Waals surface area contributed by atoms with Crippen LogP contribution in [0.4, 0.5) is 0 Å².